The molecule has 20 heavy (non-hydrogen) atoms. The van der Waals surface area contributed by atoms with Crippen LogP contribution < -0.4 is 5.32 Å². The zero-order chi connectivity index (χ0) is 14.8. The molecule has 0 spiro atoms. The van der Waals surface area contributed by atoms with Crippen molar-refractivity contribution in [1.82, 2.24) is 4.98 Å². The Morgan fingerprint density at radius 1 is 1.45 bits per heavy atom. The number of alkyl halides is 3. The van der Waals surface area contributed by atoms with Gasteiger partial charge in [-0.15, -0.1) is 0 Å². The van der Waals surface area contributed by atoms with Crippen LogP contribution >= 0.6 is 11.3 Å². The summed E-state index contributed by atoms with van der Waals surface area (Å²) in [5.41, 5.74) is -1.17. The van der Waals surface area contributed by atoms with Crippen molar-refractivity contribution in [1.29, 1.82) is 0 Å². The highest BCUT2D eigenvalue weighted by Gasteiger charge is 2.40. The number of carbonyl (C=O) groups is 1. The lowest BCUT2D eigenvalue weighted by Gasteiger charge is -2.09. The Morgan fingerprint density at radius 3 is 2.65 bits per heavy atom. The number of nitrogens with zero attached hydrogens (tertiary/aromatic N) is 1. The lowest BCUT2D eigenvalue weighted by molar-refractivity contribution is -0.141. The van der Waals surface area contributed by atoms with Gasteiger partial charge in [0.2, 0.25) is 0 Å². The van der Waals surface area contributed by atoms with E-state index in [1.807, 2.05) is 0 Å². The first kappa shape index (κ1) is 15.1. The van der Waals surface area contributed by atoms with E-state index in [1.54, 1.807) is 6.92 Å². The van der Waals surface area contributed by atoms with Crippen LogP contribution in [0, 0.1) is 0 Å². The van der Waals surface area contributed by atoms with Gasteiger partial charge in [0.05, 0.1) is 6.61 Å². The zero-order valence-corrected chi connectivity index (χ0v) is 11.7. The molecule has 1 fully saturated rings. The summed E-state index contributed by atoms with van der Waals surface area (Å²) in [6.07, 6.45) is -0.723. The zero-order valence-electron chi connectivity index (χ0n) is 10.9. The smallest absolute Gasteiger partial charge is 0.435 e. The second kappa shape index (κ2) is 5.99. The Bertz CT molecular complexity index is 482. The van der Waals surface area contributed by atoms with Crippen molar-refractivity contribution in [3.8, 4) is 0 Å². The molecule has 1 aromatic rings. The Kier molecular flexibility index (Phi) is 4.52. The number of hydrogen-bond acceptors (Lipinski definition) is 5. The molecule has 0 aromatic carbocycles. The molecule has 1 heterocycles. The van der Waals surface area contributed by atoms with Gasteiger partial charge < -0.3 is 10.1 Å². The highest BCUT2D eigenvalue weighted by Crippen LogP contribution is 2.37. The summed E-state index contributed by atoms with van der Waals surface area (Å²) in [7, 11) is 0. The van der Waals surface area contributed by atoms with Crippen LogP contribution in [0.2, 0.25) is 0 Å². The van der Waals surface area contributed by atoms with Crippen molar-refractivity contribution in [2.75, 3.05) is 11.9 Å². The molecular formula is C12H15F3N2O2S. The molecule has 0 saturated heterocycles. The van der Waals surface area contributed by atoms with Crippen LogP contribution in [0.25, 0.3) is 0 Å². The molecule has 0 aliphatic heterocycles. The molecule has 1 aromatic heterocycles. The van der Waals surface area contributed by atoms with Gasteiger partial charge in [0.15, 0.2) is 10.8 Å². The lowest BCUT2D eigenvalue weighted by atomic mass is 10.3. The molecule has 1 N–H and O–H groups in total. The van der Waals surface area contributed by atoms with Crippen LogP contribution in [0.3, 0.4) is 0 Å². The van der Waals surface area contributed by atoms with E-state index < -0.39 is 22.7 Å². The number of nitrogens with one attached hydrogen (secondary N) is 1. The number of ether oxygens (including phenoxy) is 1. The van der Waals surface area contributed by atoms with E-state index in [0.717, 1.165) is 25.7 Å². The third-order valence-electron chi connectivity index (χ3n) is 3.04. The molecular weight excluding hydrogens is 293 g/mol. The third-order valence-corrected chi connectivity index (χ3v) is 4.01. The number of anilines is 1. The predicted octanol–water partition coefficient (Wildman–Crippen LogP) is 3.69. The molecule has 0 amide bonds. The Balaban J connectivity index is 2.24. The summed E-state index contributed by atoms with van der Waals surface area (Å²) >= 11 is 0.705. The van der Waals surface area contributed by atoms with Crippen LogP contribution in [-0.4, -0.2) is 23.6 Å². The van der Waals surface area contributed by atoms with Crippen molar-refractivity contribution < 1.29 is 22.7 Å². The van der Waals surface area contributed by atoms with Crippen LogP contribution in [0.4, 0.5) is 18.3 Å². The minimum Gasteiger partial charge on any atom is -0.462 e. The van der Waals surface area contributed by atoms with E-state index in [2.05, 4.69) is 15.0 Å². The molecule has 0 radical (unpaired) electrons. The number of carbonyl (C=O) groups excluding carboxylic acids is 1. The molecule has 1 aliphatic rings. The van der Waals surface area contributed by atoms with Crippen molar-refractivity contribution in [2.24, 2.45) is 0 Å². The quantitative estimate of drug-likeness (QED) is 0.862. The SMILES string of the molecule is CCOC(=O)c1sc(NC2CCCC2)nc1C(F)(F)F. The minimum atomic E-state index is -4.66. The topological polar surface area (TPSA) is 51.2 Å². The number of rotatable bonds is 4. The van der Waals surface area contributed by atoms with Crippen molar-refractivity contribution in [2.45, 2.75) is 44.8 Å². The van der Waals surface area contributed by atoms with Crippen molar-refractivity contribution in [3.05, 3.63) is 10.6 Å². The second-order valence-electron chi connectivity index (χ2n) is 4.54. The van der Waals surface area contributed by atoms with Gasteiger partial charge in [0, 0.05) is 6.04 Å². The first-order valence-electron chi connectivity index (χ1n) is 6.43. The molecule has 0 atom stereocenters. The minimum absolute atomic E-state index is 0.0272. The predicted molar refractivity (Wildman–Crippen MR) is 69.0 cm³/mol. The highest BCUT2D eigenvalue weighted by atomic mass is 32.1. The van der Waals surface area contributed by atoms with Gasteiger partial charge in [-0.1, -0.05) is 24.2 Å². The summed E-state index contributed by atoms with van der Waals surface area (Å²) in [5, 5.41) is 3.10. The second-order valence-corrected chi connectivity index (χ2v) is 5.54. The Labute approximate surface area is 118 Å². The van der Waals surface area contributed by atoms with Gasteiger partial charge in [-0.05, 0) is 19.8 Å². The molecule has 8 heteroatoms. The van der Waals surface area contributed by atoms with Gasteiger partial charge in [0.25, 0.3) is 0 Å². The maximum Gasteiger partial charge on any atom is 0.435 e. The summed E-state index contributed by atoms with van der Waals surface area (Å²) in [4.78, 5) is 14.6. The highest BCUT2D eigenvalue weighted by molar-refractivity contribution is 7.17. The molecule has 112 valence electrons. The van der Waals surface area contributed by atoms with E-state index in [-0.39, 0.29) is 17.8 Å². The number of hydrogen-bond donors (Lipinski definition) is 1. The van der Waals surface area contributed by atoms with Gasteiger partial charge >= 0.3 is 12.1 Å². The lowest BCUT2D eigenvalue weighted by Crippen LogP contribution is -2.15. The van der Waals surface area contributed by atoms with E-state index >= 15 is 0 Å². The number of thiazole rings is 1. The Hall–Kier alpha value is -1.31. The molecule has 4 nitrogen and oxygen atoms in total. The van der Waals surface area contributed by atoms with E-state index in [4.69, 9.17) is 0 Å². The standard InChI is InChI=1S/C12H15F3N2O2S/c1-2-19-10(18)8-9(12(13,14)15)17-11(20-8)16-7-5-3-4-6-7/h7H,2-6H2,1H3,(H,16,17). The Morgan fingerprint density at radius 2 is 2.10 bits per heavy atom. The average molecular weight is 308 g/mol. The fraction of sp³-hybridized carbons (Fsp3) is 0.667. The normalized spacial score (nSPS) is 16.4. The van der Waals surface area contributed by atoms with Gasteiger partial charge in [-0.25, -0.2) is 9.78 Å². The van der Waals surface area contributed by atoms with Gasteiger partial charge in [-0.3, -0.25) is 0 Å². The number of aromatic nitrogens is 1. The van der Waals surface area contributed by atoms with E-state index in [9.17, 15) is 18.0 Å². The average Bonchev–Trinajstić information content (AvgIpc) is 2.98. The molecule has 0 bridgehead atoms. The first-order chi connectivity index (χ1) is 9.41. The molecule has 2 rings (SSSR count). The van der Waals surface area contributed by atoms with E-state index in [0.29, 0.717) is 11.3 Å². The van der Waals surface area contributed by atoms with Crippen molar-refractivity contribution >= 4 is 22.4 Å². The monoisotopic (exact) mass is 308 g/mol. The summed E-state index contributed by atoms with van der Waals surface area (Å²) in [5.74, 6) is -0.975. The number of esters is 1. The van der Waals surface area contributed by atoms with Crippen LogP contribution in [-0.2, 0) is 10.9 Å². The summed E-state index contributed by atoms with van der Waals surface area (Å²) in [6.45, 7) is 1.57. The third kappa shape index (κ3) is 3.41. The van der Waals surface area contributed by atoms with E-state index in [1.165, 1.54) is 0 Å². The number of halogens is 3. The fourth-order valence-corrected chi connectivity index (χ4v) is 3.11. The molecule has 1 saturated carbocycles. The largest absolute Gasteiger partial charge is 0.462 e. The molecule has 1 aliphatic carbocycles. The van der Waals surface area contributed by atoms with Crippen LogP contribution in [0.5, 0.6) is 0 Å². The fourth-order valence-electron chi connectivity index (χ4n) is 2.15. The van der Waals surface area contributed by atoms with Gasteiger partial charge in [-0.2, -0.15) is 13.2 Å². The summed E-state index contributed by atoms with van der Waals surface area (Å²) < 4.78 is 43.3. The summed E-state index contributed by atoms with van der Waals surface area (Å²) in [6, 6.07) is 0.136. The van der Waals surface area contributed by atoms with Crippen LogP contribution in [0.1, 0.15) is 48.0 Å². The van der Waals surface area contributed by atoms with Crippen LogP contribution in [0.15, 0.2) is 0 Å². The maximum absolute atomic E-state index is 12.9. The van der Waals surface area contributed by atoms with Crippen molar-refractivity contribution in [3.63, 3.8) is 0 Å². The maximum atomic E-state index is 12.9. The molecule has 0 unspecified atom stereocenters. The first-order valence-corrected chi connectivity index (χ1v) is 7.25. The van der Waals surface area contributed by atoms with Gasteiger partial charge in [0.1, 0.15) is 4.88 Å².